The molecule has 0 heterocycles. The summed E-state index contributed by atoms with van der Waals surface area (Å²) in [5.74, 6) is -0.420. The predicted molar refractivity (Wildman–Crippen MR) is 75.9 cm³/mol. The summed E-state index contributed by atoms with van der Waals surface area (Å²) < 4.78 is 0. The van der Waals surface area contributed by atoms with Crippen molar-refractivity contribution in [2.45, 2.75) is 52.4 Å². The molecule has 1 aromatic carbocycles. The average molecular weight is 264 g/mol. The molecule has 1 aromatic rings. The highest BCUT2D eigenvalue weighted by Crippen LogP contribution is 2.10. The van der Waals surface area contributed by atoms with Gasteiger partial charge in [0.2, 0.25) is 0 Å². The highest BCUT2D eigenvalue weighted by molar-refractivity contribution is 5.88. The van der Waals surface area contributed by atoms with Crippen LogP contribution < -0.4 is 0 Å². The van der Waals surface area contributed by atoms with Crippen LogP contribution in [0.2, 0.25) is 0 Å². The van der Waals surface area contributed by atoms with E-state index in [9.17, 15) is 4.79 Å². The van der Waals surface area contributed by atoms with Crippen molar-refractivity contribution in [3.8, 4) is 0 Å². The molecular formula is C16H24O3. The van der Waals surface area contributed by atoms with Gasteiger partial charge in [0, 0.05) is 0 Å². The largest absolute Gasteiger partial charge is 0.373 e. The summed E-state index contributed by atoms with van der Waals surface area (Å²) >= 11 is 0. The first-order valence-corrected chi connectivity index (χ1v) is 7.20. The summed E-state index contributed by atoms with van der Waals surface area (Å²) in [7, 11) is 0. The lowest BCUT2D eigenvalue weighted by atomic mass is 10.1. The van der Waals surface area contributed by atoms with E-state index in [1.165, 1.54) is 24.8 Å². The van der Waals surface area contributed by atoms with Gasteiger partial charge in [0.05, 0.1) is 12.2 Å². The van der Waals surface area contributed by atoms with Crippen LogP contribution in [0.1, 0.15) is 61.9 Å². The number of rotatable bonds is 9. The number of hydrogen-bond acceptors (Lipinski definition) is 3. The molecule has 0 aromatic heterocycles. The number of hydrogen-bond donors (Lipinski definition) is 0. The maximum Gasteiger partial charge on any atom is 0.373 e. The fraction of sp³-hybridized carbons (Fsp3) is 0.562. The van der Waals surface area contributed by atoms with Crippen molar-refractivity contribution in [2.24, 2.45) is 0 Å². The molecule has 19 heavy (non-hydrogen) atoms. The van der Waals surface area contributed by atoms with Crippen LogP contribution in [0.4, 0.5) is 0 Å². The lowest BCUT2D eigenvalue weighted by Gasteiger charge is -2.04. The summed E-state index contributed by atoms with van der Waals surface area (Å²) in [6, 6.07) is 7.57. The summed E-state index contributed by atoms with van der Waals surface area (Å²) in [5.41, 5.74) is 1.80. The van der Waals surface area contributed by atoms with Gasteiger partial charge in [-0.25, -0.2) is 4.79 Å². The second-order valence-corrected chi connectivity index (χ2v) is 4.70. The van der Waals surface area contributed by atoms with E-state index in [-0.39, 0.29) is 0 Å². The van der Waals surface area contributed by atoms with E-state index in [4.69, 9.17) is 9.78 Å². The third kappa shape index (κ3) is 6.39. The quantitative estimate of drug-likeness (QED) is 0.379. The van der Waals surface area contributed by atoms with E-state index in [1.807, 2.05) is 12.1 Å². The van der Waals surface area contributed by atoms with Crippen LogP contribution in [-0.2, 0) is 16.2 Å². The predicted octanol–water partition coefficient (Wildman–Crippen LogP) is 4.31. The summed E-state index contributed by atoms with van der Waals surface area (Å²) in [5, 5.41) is 0. The first-order chi connectivity index (χ1) is 9.27. The molecule has 0 aliphatic rings. The first-order valence-electron chi connectivity index (χ1n) is 7.20. The van der Waals surface area contributed by atoms with Crippen molar-refractivity contribution in [1.29, 1.82) is 0 Å². The summed E-state index contributed by atoms with van der Waals surface area (Å²) in [6.45, 7) is 4.71. The zero-order chi connectivity index (χ0) is 13.9. The van der Waals surface area contributed by atoms with E-state index in [0.717, 1.165) is 19.3 Å². The molecule has 0 amide bonds. The highest BCUT2D eigenvalue weighted by Gasteiger charge is 2.07. The molecule has 0 saturated carbocycles. The van der Waals surface area contributed by atoms with Gasteiger partial charge >= 0.3 is 5.97 Å². The Hall–Kier alpha value is -1.35. The zero-order valence-electron chi connectivity index (χ0n) is 12.0. The Morgan fingerprint density at radius 2 is 1.68 bits per heavy atom. The van der Waals surface area contributed by atoms with Crippen molar-refractivity contribution in [1.82, 2.24) is 0 Å². The van der Waals surface area contributed by atoms with Crippen molar-refractivity contribution >= 4 is 5.97 Å². The van der Waals surface area contributed by atoms with E-state index >= 15 is 0 Å². The van der Waals surface area contributed by atoms with Crippen LogP contribution >= 0.6 is 0 Å². The van der Waals surface area contributed by atoms with E-state index in [1.54, 1.807) is 12.1 Å². The van der Waals surface area contributed by atoms with Gasteiger partial charge in [0.25, 0.3) is 0 Å². The molecule has 0 bridgehead atoms. The van der Waals surface area contributed by atoms with Gasteiger partial charge in [-0.3, -0.25) is 4.89 Å². The van der Waals surface area contributed by atoms with Crippen molar-refractivity contribution in [3.63, 3.8) is 0 Å². The van der Waals surface area contributed by atoms with Crippen LogP contribution in [0.3, 0.4) is 0 Å². The van der Waals surface area contributed by atoms with Crippen LogP contribution in [0.5, 0.6) is 0 Å². The molecule has 0 N–H and O–H groups in total. The number of benzene rings is 1. The molecule has 1 rings (SSSR count). The van der Waals surface area contributed by atoms with Gasteiger partial charge in [-0.1, -0.05) is 45.2 Å². The minimum atomic E-state index is -0.420. The Kier molecular flexibility index (Phi) is 7.91. The van der Waals surface area contributed by atoms with Gasteiger partial charge in [-0.2, -0.15) is 4.89 Å². The minimum absolute atomic E-state index is 0.420. The Morgan fingerprint density at radius 1 is 1.00 bits per heavy atom. The van der Waals surface area contributed by atoms with Gasteiger partial charge in [-0.05, 0) is 37.0 Å². The highest BCUT2D eigenvalue weighted by atomic mass is 17.2. The van der Waals surface area contributed by atoms with Gasteiger partial charge < -0.3 is 0 Å². The maximum atomic E-state index is 11.6. The third-order valence-corrected chi connectivity index (χ3v) is 2.97. The van der Waals surface area contributed by atoms with Crippen LogP contribution in [0.25, 0.3) is 0 Å². The Morgan fingerprint density at radius 3 is 2.32 bits per heavy atom. The molecule has 3 nitrogen and oxygen atoms in total. The monoisotopic (exact) mass is 264 g/mol. The van der Waals surface area contributed by atoms with E-state index < -0.39 is 5.97 Å². The second-order valence-electron chi connectivity index (χ2n) is 4.70. The molecule has 106 valence electrons. The number of aryl methyl sites for hydroxylation is 1. The smallest absolute Gasteiger partial charge is 0.293 e. The van der Waals surface area contributed by atoms with Crippen LogP contribution in [0.15, 0.2) is 24.3 Å². The van der Waals surface area contributed by atoms with Gasteiger partial charge in [0.1, 0.15) is 0 Å². The third-order valence-electron chi connectivity index (χ3n) is 2.97. The normalized spacial score (nSPS) is 10.4. The van der Waals surface area contributed by atoms with Gasteiger partial charge in [0.15, 0.2) is 0 Å². The number of unbranched alkanes of at least 4 members (excludes halogenated alkanes) is 3. The van der Waals surface area contributed by atoms with E-state index in [0.29, 0.717) is 12.2 Å². The topological polar surface area (TPSA) is 35.5 Å². The molecule has 0 atom stereocenters. The van der Waals surface area contributed by atoms with Gasteiger partial charge in [-0.15, -0.1) is 0 Å². The van der Waals surface area contributed by atoms with E-state index in [2.05, 4.69) is 13.8 Å². The SMILES string of the molecule is CCCCCc1ccc(C(=O)OOCCCC)cc1. The van der Waals surface area contributed by atoms with Crippen molar-refractivity contribution < 1.29 is 14.6 Å². The number of carbonyl (C=O) groups is 1. The lowest BCUT2D eigenvalue weighted by Crippen LogP contribution is -2.07. The summed E-state index contributed by atoms with van der Waals surface area (Å²) in [4.78, 5) is 21.2. The van der Waals surface area contributed by atoms with Crippen LogP contribution in [0, 0.1) is 0 Å². The molecule has 3 heteroatoms. The molecule has 0 spiro atoms. The van der Waals surface area contributed by atoms with Crippen molar-refractivity contribution in [2.75, 3.05) is 6.61 Å². The molecule has 0 fully saturated rings. The Bertz CT molecular complexity index is 357. The summed E-state index contributed by atoms with van der Waals surface area (Å²) in [6.07, 6.45) is 6.64. The first kappa shape index (κ1) is 15.7. The standard InChI is InChI=1S/C16H24O3/c1-3-5-7-8-14-9-11-15(12-10-14)16(17)19-18-13-6-4-2/h9-12H,3-8,13H2,1-2H3. The van der Waals surface area contributed by atoms with Crippen LogP contribution in [-0.4, -0.2) is 12.6 Å². The molecule has 0 aliphatic heterocycles. The Labute approximate surface area is 115 Å². The lowest BCUT2D eigenvalue weighted by molar-refractivity contribution is -0.241. The maximum absolute atomic E-state index is 11.6. The number of carbonyl (C=O) groups excluding carboxylic acids is 1. The fourth-order valence-electron chi connectivity index (χ4n) is 1.73. The molecule has 0 unspecified atom stereocenters. The molecular weight excluding hydrogens is 240 g/mol. The zero-order valence-corrected chi connectivity index (χ0v) is 12.0. The Balaban J connectivity index is 2.35. The average Bonchev–Trinajstić information content (AvgIpc) is 2.44. The fourth-order valence-corrected chi connectivity index (χ4v) is 1.73. The molecule has 0 radical (unpaired) electrons. The minimum Gasteiger partial charge on any atom is -0.293 e. The second kappa shape index (κ2) is 9.56. The molecule has 0 aliphatic carbocycles. The molecule has 0 saturated heterocycles. The van der Waals surface area contributed by atoms with Crippen molar-refractivity contribution in [3.05, 3.63) is 35.4 Å².